The molecular weight excluding hydrogens is 232 g/mol. The van der Waals surface area contributed by atoms with E-state index in [1.54, 1.807) is 0 Å². The largest absolute Gasteiger partial charge is 0.383 e. The van der Waals surface area contributed by atoms with Gasteiger partial charge in [0.05, 0.1) is 11.4 Å². The minimum atomic E-state index is 0.823. The molecule has 2 atom stereocenters. The zero-order chi connectivity index (χ0) is 12.7. The van der Waals surface area contributed by atoms with Gasteiger partial charge in [-0.2, -0.15) is 0 Å². The fourth-order valence-corrected chi connectivity index (χ4v) is 4.48. The number of benzene rings is 1. The monoisotopic (exact) mass is 256 g/mol. The molecule has 0 spiro atoms. The first kappa shape index (κ1) is 11.6. The van der Waals surface area contributed by atoms with Gasteiger partial charge in [0.15, 0.2) is 0 Å². The van der Waals surface area contributed by atoms with Crippen molar-refractivity contribution in [3.63, 3.8) is 0 Å². The Kier molecular flexibility index (Phi) is 2.90. The van der Waals surface area contributed by atoms with Gasteiger partial charge in [-0.1, -0.05) is 18.6 Å². The third kappa shape index (κ3) is 1.92. The molecule has 2 unspecified atom stereocenters. The number of para-hydroxylation sites is 1. The minimum Gasteiger partial charge on any atom is -0.383 e. The summed E-state index contributed by atoms with van der Waals surface area (Å²) >= 11 is 0. The van der Waals surface area contributed by atoms with E-state index in [1.807, 2.05) is 0 Å². The van der Waals surface area contributed by atoms with Gasteiger partial charge in [-0.15, -0.1) is 0 Å². The van der Waals surface area contributed by atoms with Gasteiger partial charge in [-0.25, -0.2) is 0 Å². The highest BCUT2D eigenvalue weighted by Crippen LogP contribution is 2.42. The molecule has 2 heteroatoms. The van der Waals surface area contributed by atoms with Gasteiger partial charge < -0.3 is 10.2 Å². The molecule has 0 radical (unpaired) electrons. The van der Waals surface area contributed by atoms with Gasteiger partial charge in [-0.05, 0) is 56.1 Å². The van der Waals surface area contributed by atoms with Crippen LogP contribution in [0.25, 0.3) is 0 Å². The zero-order valence-electron chi connectivity index (χ0n) is 11.7. The van der Waals surface area contributed by atoms with Crippen LogP contribution in [-0.2, 0) is 6.42 Å². The van der Waals surface area contributed by atoms with Gasteiger partial charge in [0.1, 0.15) is 0 Å². The Balaban J connectivity index is 1.71. The summed E-state index contributed by atoms with van der Waals surface area (Å²) in [5, 5.41) is 3.67. The summed E-state index contributed by atoms with van der Waals surface area (Å²) in [6, 6.07) is 7.74. The summed E-state index contributed by atoms with van der Waals surface area (Å²) in [4.78, 5) is 2.73. The highest BCUT2D eigenvalue weighted by molar-refractivity contribution is 5.75. The van der Waals surface area contributed by atoms with E-state index in [9.17, 15) is 0 Å². The van der Waals surface area contributed by atoms with Crippen LogP contribution in [0.15, 0.2) is 18.2 Å². The second-order valence-corrected chi connectivity index (χ2v) is 6.44. The molecule has 2 heterocycles. The lowest BCUT2D eigenvalue weighted by Gasteiger charge is -2.41. The summed E-state index contributed by atoms with van der Waals surface area (Å²) in [6.07, 6.45) is 9.68. The van der Waals surface area contributed by atoms with Crippen molar-refractivity contribution >= 4 is 11.4 Å². The van der Waals surface area contributed by atoms with Gasteiger partial charge in [0.25, 0.3) is 0 Å². The topological polar surface area (TPSA) is 15.3 Å². The molecule has 0 amide bonds. The van der Waals surface area contributed by atoms with Gasteiger partial charge in [0, 0.05) is 19.1 Å². The van der Waals surface area contributed by atoms with Crippen molar-refractivity contribution in [3.05, 3.63) is 23.8 Å². The molecule has 2 aliphatic heterocycles. The quantitative estimate of drug-likeness (QED) is 0.822. The predicted octanol–water partition coefficient (Wildman–Crippen LogP) is 3.81. The van der Waals surface area contributed by atoms with E-state index in [4.69, 9.17) is 0 Å². The first-order chi connectivity index (χ1) is 9.43. The van der Waals surface area contributed by atoms with Crippen LogP contribution in [0.1, 0.15) is 44.1 Å². The maximum Gasteiger partial charge on any atom is 0.0610 e. The molecule has 102 valence electrons. The summed E-state index contributed by atoms with van der Waals surface area (Å²) in [6.45, 7) is 2.41. The average Bonchev–Trinajstić information content (AvgIpc) is 2.95. The van der Waals surface area contributed by atoms with Crippen molar-refractivity contribution in [1.29, 1.82) is 0 Å². The van der Waals surface area contributed by atoms with E-state index in [0.717, 1.165) is 18.5 Å². The second kappa shape index (κ2) is 4.73. The van der Waals surface area contributed by atoms with Crippen molar-refractivity contribution in [3.8, 4) is 0 Å². The van der Waals surface area contributed by atoms with Crippen LogP contribution in [0.3, 0.4) is 0 Å². The molecule has 1 aliphatic carbocycles. The summed E-state index contributed by atoms with van der Waals surface area (Å²) in [7, 11) is 0. The molecule has 1 saturated heterocycles. The number of piperidine rings is 1. The van der Waals surface area contributed by atoms with Crippen molar-refractivity contribution in [2.45, 2.75) is 51.0 Å². The standard InChI is InChI=1S/C17H24N2/c1-5-13-8-4-12-19(15(13)9-1)16-10-2-6-14-7-3-11-18-17(14)16/h2,6,10,13,15,18H,1,3-5,7-9,11-12H2. The lowest BCUT2D eigenvalue weighted by atomic mass is 9.90. The predicted molar refractivity (Wildman–Crippen MR) is 81.0 cm³/mol. The average molecular weight is 256 g/mol. The Morgan fingerprint density at radius 3 is 3.00 bits per heavy atom. The molecule has 0 aromatic heterocycles. The van der Waals surface area contributed by atoms with Crippen molar-refractivity contribution in [2.24, 2.45) is 5.92 Å². The van der Waals surface area contributed by atoms with Crippen LogP contribution >= 0.6 is 0 Å². The number of nitrogens with one attached hydrogen (secondary N) is 1. The summed E-state index contributed by atoms with van der Waals surface area (Å²) in [5.74, 6) is 0.966. The van der Waals surface area contributed by atoms with Crippen LogP contribution in [-0.4, -0.2) is 19.1 Å². The fourth-order valence-electron chi connectivity index (χ4n) is 4.48. The number of hydrogen-bond donors (Lipinski definition) is 1. The van der Waals surface area contributed by atoms with Crippen LogP contribution in [0.5, 0.6) is 0 Å². The molecule has 0 bridgehead atoms. The van der Waals surface area contributed by atoms with E-state index in [1.165, 1.54) is 68.4 Å². The van der Waals surface area contributed by atoms with Crippen LogP contribution in [0.2, 0.25) is 0 Å². The number of anilines is 2. The molecule has 1 N–H and O–H groups in total. The third-order valence-corrected chi connectivity index (χ3v) is 5.36. The Morgan fingerprint density at radius 2 is 2.00 bits per heavy atom. The lowest BCUT2D eigenvalue weighted by molar-refractivity contribution is 0.362. The smallest absolute Gasteiger partial charge is 0.0610 e. The Labute approximate surface area is 116 Å². The van der Waals surface area contributed by atoms with Crippen molar-refractivity contribution in [2.75, 3.05) is 23.3 Å². The first-order valence-corrected chi connectivity index (χ1v) is 8.06. The Hall–Kier alpha value is -1.18. The molecule has 4 rings (SSSR count). The second-order valence-electron chi connectivity index (χ2n) is 6.44. The molecule has 2 fully saturated rings. The normalized spacial score (nSPS) is 29.6. The number of fused-ring (bicyclic) bond motifs is 2. The highest BCUT2D eigenvalue weighted by atomic mass is 15.2. The number of rotatable bonds is 1. The summed E-state index contributed by atoms with van der Waals surface area (Å²) in [5.41, 5.74) is 4.47. The van der Waals surface area contributed by atoms with Crippen LogP contribution < -0.4 is 10.2 Å². The van der Waals surface area contributed by atoms with Gasteiger partial charge in [-0.3, -0.25) is 0 Å². The molecule has 19 heavy (non-hydrogen) atoms. The number of aryl methyl sites for hydroxylation is 1. The van der Waals surface area contributed by atoms with Gasteiger partial charge >= 0.3 is 0 Å². The van der Waals surface area contributed by atoms with E-state index in [2.05, 4.69) is 28.4 Å². The number of nitrogens with zero attached hydrogens (tertiary/aromatic N) is 1. The van der Waals surface area contributed by atoms with E-state index >= 15 is 0 Å². The van der Waals surface area contributed by atoms with Gasteiger partial charge in [0.2, 0.25) is 0 Å². The minimum absolute atomic E-state index is 0.823. The Bertz CT molecular complexity index is 468. The van der Waals surface area contributed by atoms with Crippen molar-refractivity contribution < 1.29 is 0 Å². The number of hydrogen-bond acceptors (Lipinski definition) is 2. The van der Waals surface area contributed by atoms with Crippen LogP contribution in [0, 0.1) is 5.92 Å². The SMILES string of the molecule is c1cc2c(c(N3CCCC4CCCC43)c1)NCCC2. The Morgan fingerprint density at radius 1 is 1.05 bits per heavy atom. The maximum atomic E-state index is 3.67. The third-order valence-electron chi connectivity index (χ3n) is 5.36. The van der Waals surface area contributed by atoms with E-state index < -0.39 is 0 Å². The summed E-state index contributed by atoms with van der Waals surface area (Å²) < 4.78 is 0. The molecule has 3 aliphatic rings. The fraction of sp³-hybridized carbons (Fsp3) is 0.647. The maximum absolute atomic E-state index is 3.67. The highest BCUT2D eigenvalue weighted by Gasteiger charge is 2.36. The van der Waals surface area contributed by atoms with Crippen molar-refractivity contribution in [1.82, 2.24) is 0 Å². The molecule has 1 aromatic rings. The molecule has 2 nitrogen and oxygen atoms in total. The molecule has 1 saturated carbocycles. The van der Waals surface area contributed by atoms with E-state index in [0.29, 0.717) is 0 Å². The molecular formula is C17H24N2. The first-order valence-electron chi connectivity index (χ1n) is 8.06. The molecule has 1 aromatic carbocycles. The lowest BCUT2D eigenvalue weighted by Crippen LogP contribution is -2.43. The van der Waals surface area contributed by atoms with E-state index in [-0.39, 0.29) is 0 Å². The zero-order valence-corrected chi connectivity index (χ0v) is 11.7. The van der Waals surface area contributed by atoms with Crippen LogP contribution in [0.4, 0.5) is 11.4 Å².